The van der Waals surface area contributed by atoms with Crippen molar-refractivity contribution in [3.8, 4) is 0 Å². The van der Waals surface area contributed by atoms with Gasteiger partial charge in [-0.15, -0.1) is 0 Å². The van der Waals surface area contributed by atoms with Gasteiger partial charge in [0.1, 0.15) is 5.82 Å². The maximum atomic E-state index is 12.9. The molecule has 0 spiro atoms. The molecule has 0 radical (unpaired) electrons. The molecular formula is C10H12ClFN2O2S. The summed E-state index contributed by atoms with van der Waals surface area (Å²) >= 11 is 5.56. The Morgan fingerprint density at radius 3 is 2.82 bits per heavy atom. The smallest absolute Gasteiger partial charge is 0.240 e. The van der Waals surface area contributed by atoms with Gasteiger partial charge in [0.25, 0.3) is 0 Å². The van der Waals surface area contributed by atoms with Crippen LogP contribution in [0.1, 0.15) is 6.42 Å². The molecule has 0 amide bonds. The number of benzene rings is 1. The Morgan fingerprint density at radius 2 is 2.24 bits per heavy atom. The molecule has 1 aromatic rings. The predicted octanol–water partition coefficient (Wildman–Crippen LogP) is 1.12. The number of nitrogens with one attached hydrogen (secondary N) is 2. The summed E-state index contributed by atoms with van der Waals surface area (Å²) in [6, 6.07) is 3.24. The highest BCUT2D eigenvalue weighted by Crippen LogP contribution is 2.19. The van der Waals surface area contributed by atoms with Crippen LogP contribution in [0.15, 0.2) is 23.1 Å². The molecule has 94 valence electrons. The van der Waals surface area contributed by atoms with Crippen LogP contribution in [-0.4, -0.2) is 27.5 Å². The lowest BCUT2D eigenvalue weighted by Gasteiger charge is -2.12. The molecular weight excluding hydrogens is 267 g/mol. The van der Waals surface area contributed by atoms with Gasteiger partial charge < -0.3 is 5.32 Å². The molecule has 1 fully saturated rings. The third kappa shape index (κ3) is 2.95. The third-order valence-electron chi connectivity index (χ3n) is 2.58. The van der Waals surface area contributed by atoms with Crippen LogP contribution in [0.5, 0.6) is 0 Å². The minimum absolute atomic E-state index is 0.0178. The standard InChI is InChI=1S/C10H12ClFN2O2S/c11-9-5-8(1-2-10(9)12)17(15,16)14-7-3-4-13-6-7/h1-2,5,7,13-14H,3-4,6H2. The van der Waals surface area contributed by atoms with Crippen molar-refractivity contribution in [2.45, 2.75) is 17.4 Å². The first-order valence-corrected chi connectivity index (χ1v) is 7.03. The zero-order valence-corrected chi connectivity index (χ0v) is 10.5. The van der Waals surface area contributed by atoms with E-state index in [0.29, 0.717) is 6.54 Å². The minimum atomic E-state index is -3.62. The quantitative estimate of drug-likeness (QED) is 0.871. The molecule has 1 heterocycles. The van der Waals surface area contributed by atoms with Crippen LogP contribution in [0, 0.1) is 5.82 Å². The third-order valence-corrected chi connectivity index (χ3v) is 4.39. The molecule has 0 aromatic heterocycles. The molecule has 1 saturated heterocycles. The Hall–Kier alpha value is -0.690. The van der Waals surface area contributed by atoms with Gasteiger partial charge in [0, 0.05) is 12.6 Å². The second kappa shape index (κ2) is 4.89. The molecule has 2 N–H and O–H groups in total. The zero-order chi connectivity index (χ0) is 12.5. The van der Waals surface area contributed by atoms with E-state index in [1.54, 1.807) is 0 Å². The molecule has 0 saturated carbocycles. The summed E-state index contributed by atoms with van der Waals surface area (Å²) in [5.74, 6) is -0.631. The van der Waals surface area contributed by atoms with Crippen molar-refractivity contribution in [1.29, 1.82) is 0 Å². The van der Waals surface area contributed by atoms with E-state index in [0.717, 1.165) is 25.1 Å². The Morgan fingerprint density at radius 1 is 1.47 bits per heavy atom. The fraction of sp³-hybridized carbons (Fsp3) is 0.400. The first kappa shape index (κ1) is 12.8. The van der Waals surface area contributed by atoms with Gasteiger partial charge in [0.05, 0.1) is 9.92 Å². The first-order valence-electron chi connectivity index (χ1n) is 5.17. The molecule has 1 aliphatic heterocycles. The summed E-state index contributed by atoms with van der Waals surface area (Å²) in [7, 11) is -3.62. The highest BCUT2D eigenvalue weighted by Gasteiger charge is 2.23. The Labute approximate surface area is 104 Å². The van der Waals surface area contributed by atoms with E-state index in [1.165, 1.54) is 6.07 Å². The van der Waals surface area contributed by atoms with Gasteiger partial charge in [0.15, 0.2) is 0 Å². The largest absolute Gasteiger partial charge is 0.315 e. The van der Waals surface area contributed by atoms with Crippen molar-refractivity contribution in [3.63, 3.8) is 0 Å². The van der Waals surface area contributed by atoms with Gasteiger partial charge >= 0.3 is 0 Å². The van der Waals surface area contributed by atoms with Crippen LogP contribution < -0.4 is 10.0 Å². The Balaban J connectivity index is 2.21. The normalized spacial score (nSPS) is 20.7. The van der Waals surface area contributed by atoms with E-state index in [4.69, 9.17) is 11.6 Å². The van der Waals surface area contributed by atoms with E-state index < -0.39 is 15.8 Å². The monoisotopic (exact) mass is 278 g/mol. The molecule has 1 unspecified atom stereocenters. The van der Waals surface area contributed by atoms with Crippen LogP contribution in [0.25, 0.3) is 0 Å². The predicted molar refractivity (Wildman–Crippen MR) is 63.0 cm³/mol. The molecule has 1 aliphatic rings. The number of hydrogen-bond donors (Lipinski definition) is 2. The van der Waals surface area contributed by atoms with Crippen molar-refractivity contribution < 1.29 is 12.8 Å². The molecule has 0 bridgehead atoms. The highest BCUT2D eigenvalue weighted by atomic mass is 35.5. The lowest BCUT2D eigenvalue weighted by atomic mass is 10.3. The van der Waals surface area contributed by atoms with Gasteiger partial charge in [-0.25, -0.2) is 17.5 Å². The number of hydrogen-bond acceptors (Lipinski definition) is 3. The number of halogens is 2. The van der Waals surface area contributed by atoms with E-state index in [2.05, 4.69) is 10.0 Å². The highest BCUT2D eigenvalue weighted by molar-refractivity contribution is 7.89. The maximum absolute atomic E-state index is 12.9. The average Bonchev–Trinajstić information content (AvgIpc) is 2.73. The molecule has 0 aliphatic carbocycles. The van der Waals surface area contributed by atoms with Crippen LogP contribution in [0.3, 0.4) is 0 Å². The zero-order valence-electron chi connectivity index (χ0n) is 8.91. The number of rotatable bonds is 3. The number of sulfonamides is 1. The summed E-state index contributed by atoms with van der Waals surface area (Å²) in [5, 5.41) is 2.86. The van der Waals surface area contributed by atoms with Crippen LogP contribution in [0.2, 0.25) is 5.02 Å². The summed E-state index contributed by atoms with van der Waals surface area (Å²) in [5.41, 5.74) is 0. The summed E-state index contributed by atoms with van der Waals surface area (Å²) < 4.78 is 39.3. The van der Waals surface area contributed by atoms with Crippen molar-refractivity contribution in [1.82, 2.24) is 10.0 Å². The van der Waals surface area contributed by atoms with Gasteiger partial charge in [-0.05, 0) is 31.2 Å². The van der Waals surface area contributed by atoms with Crippen molar-refractivity contribution >= 4 is 21.6 Å². The van der Waals surface area contributed by atoms with E-state index in [1.807, 2.05) is 0 Å². The second-order valence-corrected chi connectivity index (χ2v) is 6.01. The van der Waals surface area contributed by atoms with Crippen molar-refractivity contribution in [3.05, 3.63) is 29.0 Å². The Kier molecular flexibility index (Phi) is 3.67. The fourth-order valence-corrected chi connectivity index (χ4v) is 3.23. The molecule has 2 rings (SSSR count). The van der Waals surface area contributed by atoms with Gasteiger partial charge in [0.2, 0.25) is 10.0 Å². The summed E-state index contributed by atoms with van der Waals surface area (Å²) in [4.78, 5) is -0.0178. The van der Waals surface area contributed by atoms with Crippen LogP contribution >= 0.6 is 11.6 Å². The SMILES string of the molecule is O=S(=O)(NC1CCNC1)c1ccc(F)c(Cl)c1. The average molecular weight is 279 g/mol. The van der Waals surface area contributed by atoms with Gasteiger partial charge in [-0.3, -0.25) is 0 Å². The molecule has 1 atom stereocenters. The van der Waals surface area contributed by atoms with Gasteiger partial charge in [-0.1, -0.05) is 11.6 Å². The second-order valence-electron chi connectivity index (χ2n) is 3.89. The fourth-order valence-electron chi connectivity index (χ4n) is 1.69. The van der Waals surface area contributed by atoms with E-state index >= 15 is 0 Å². The van der Waals surface area contributed by atoms with Crippen LogP contribution in [0.4, 0.5) is 4.39 Å². The van der Waals surface area contributed by atoms with Crippen molar-refractivity contribution in [2.75, 3.05) is 13.1 Å². The Bertz CT molecular complexity index is 515. The van der Waals surface area contributed by atoms with Gasteiger partial charge in [-0.2, -0.15) is 0 Å². The van der Waals surface area contributed by atoms with Crippen LogP contribution in [-0.2, 0) is 10.0 Å². The topological polar surface area (TPSA) is 58.2 Å². The van der Waals surface area contributed by atoms with Crippen molar-refractivity contribution in [2.24, 2.45) is 0 Å². The minimum Gasteiger partial charge on any atom is -0.315 e. The van der Waals surface area contributed by atoms with E-state index in [9.17, 15) is 12.8 Å². The first-order chi connectivity index (χ1) is 7.99. The lowest BCUT2D eigenvalue weighted by molar-refractivity contribution is 0.559. The summed E-state index contributed by atoms with van der Waals surface area (Å²) in [6.07, 6.45) is 0.744. The van der Waals surface area contributed by atoms with E-state index in [-0.39, 0.29) is 16.0 Å². The maximum Gasteiger partial charge on any atom is 0.240 e. The molecule has 1 aromatic carbocycles. The lowest BCUT2D eigenvalue weighted by Crippen LogP contribution is -2.36. The molecule has 17 heavy (non-hydrogen) atoms. The molecule has 4 nitrogen and oxygen atoms in total. The summed E-state index contributed by atoms with van der Waals surface area (Å²) in [6.45, 7) is 1.39. The molecule has 7 heteroatoms.